The fraction of sp³-hybridized carbons (Fsp3) is 0.278. The molecule has 2 aromatic carbocycles. The van der Waals surface area contributed by atoms with Crippen molar-refractivity contribution in [1.29, 1.82) is 0 Å². The fourth-order valence-electron chi connectivity index (χ4n) is 2.18. The van der Waals surface area contributed by atoms with Crippen molar-refractivity contribution in [2.24, 2.45) is 0 Å². The summed E-state index contributed by atoms with van der Waals surface area (Å²) in [5.74, 6) is 0.447. The van der Waals surface area contributed by atoms with E-state index in [0.717, 1.165) is 16.9 Å². The van der Waals surface area contributed by atoms with Crippen molar-refractivity contribution in [1.82, 2.24) is 5.32 Å². The highest BCUT2D eigenvalue weighted by Gasteiger charge is 2.20. The molecule has 0 saturated carbocycles. The second kappa shape index (κ2) is 7.61. The number of carbonyl (C=O) groups excluding carboxylic acids is 1. The zero-order valence-electron chi connectivity index (χ0n) is 13.1. The first-order valence-electron chi connectivity index (χ1n) is 7.14. The minimum absolute atomic E-state index is 0.308. The maximum Gasteiger partial charge on any atom is 0.327 e. The summed E-state index contributed by atoms with van der Waals surface area (Å²) in [4.78, 5) is 12.0. The van der Waals surface area contributed by atoms with Gasteiger partial charge in [0.25, 0.3) is 0 Å². The fourth-order valence-corrected chi connectivity index (χ4v) is 2.18. The number of ether oxygens (including phenoxy) is 2. The van der Waals surface area contributed by atoms with Gasteiger partial charge in [0.15, 0.2) is 0 Å². The van der Waals surface area contributed by atoms with Crippen molar-refractivity contribution in [3.05, 3.63) is 65.2 Å². The molecule has 0 aliphatic rings. The summed E-state index contributed by atoms with van der Waals surface area (Å²) >= 11 is 0. The normalized spacial score (nSPS) is 11.8. The Bertz CT molecular complexity index is 605. The van der Waals surface area contributed by atoms with Crippen LogP contribution in [0.1, 0.15) is 22.7 Å². The molecule has 0 aliphatic heterocycles. The maximum atomic E-state index is 12.0. The predicted octanol–water partition coefficient (Wildman–Crippen LogP) is 3.01. The Kier molecular flexibility index (Phi) is 5.55. The highest BCUT2D eigenvalue weighted by atomic mass is 16.5. The smallest absolute Gasteiger partial charge is 0.327 e. The minimum atomic E-state index is -0.503. The molecule has 0 radical (unpaired) electrons. The van der Waals surface area contributed by atoms with Crippen LogP contribution in [0.2, 0.25) is 0 Å². The van der Waals surface area contributed by atoms with Crippen molar-refractivity contribution in [3.8, 4) is 5.75 Å². The molecule has 4 heteroatoms. The number of nitrogens with one attached hydrogen (secondary N) is 1. The molecule has 0 fully saturated rings. The van der Waals surface area contributed by atoms with E-state index < -0.39 is 6.04 Å². The van der Waals surface area contributed by atoms with Gasteiger partial charge in [0.05, 0.1) is 14.2 Å². The van der Waals surface area contributed by atoms with Crippen LogP contribution < -0.4 is 10.1 Å². The van der Waals surface area contributed by atoms with Crippen LogP contribution in [0.15, 0.2) is 48.5 Å². The molecule has 0 aromatic heterocycles. The quantitative estimate of drug-likeness (QED) is 0.833. The van der Waals surface area contributed by atoms with Crippen LogP contribution in [-0.2, 0) is 16.1 Å². The van der Waals surface area contributed by atoms with Crippen LogP contribution in [-0.4, -0.2) is 20.2 Å². The third kappa shape index (κ3) is 4.09. The van der Waals surface area contributed by atoms with E-state index in [-0.39, 0.29) is 5.97 Å². The number of aryl methyl sites for hydroxylation is 1. The molecule has 0 spiro atoms. The number of hydrogen-bond acceptors (Lipinski definition) is 4. The first-order valence-corrected chi connectivity index (χ1v) is 7.14. The average Bonchev–Trinajstić information content (AvgIpc) is 2.57. The number of esters is 1. The van der Waals surface area contributed by atoms with Crippen molar-refractivity contribution in [2.45, 2.75) is 19.5 Å². The van der Waals surface area contributed by atoms with Gasteiger partial charge in [-0.15, -0.1) is 0 Å². The largest absolute Gasteiger partial charge is 0.497 e. The molecule has 0 aliphatic carbocycles. The molecular weight excluding hydrogens is 278 g/mol. The molecular formula is C18H21NO3. The van der Waals surface area contributed by atoms with E-state index in [0.29, 0.717) is 6.54 Å². The van der Waals surface area contributed by atoms with Crippen molar-refractivity contribution in [3.63, 3.8) is 0 Å². The average molecular weight is 299 g/mol. The summed E-state index contributed by atoms with van der Waals surface area (Å²) in [7, 11) is 3.01. The molecule has 0 heterocycles. The van der Waals surface area contributed by atoms with Crippen LogP contribution in [0.5, 0.6) is 5.75 Å². The first kappa shape index (κ1) is 16.0. The molecule has 1 N–H and O–H groups in total. The Morgan fingerprint density at radius 1 is 1.05 bits per heavy atom. The van der Waals surface area contributed by atoms with Gasteiger partial charge >= 0.3 is 5.97 Å². The van der Waals surface area contributed by atoms with Crippen molar-refractivity contribution < 1.29 is 14.3 Å². The van der Waals surface area contributed by atoms with Crippen LogP contribution in [0, 0.1) is 6.92 Å². The van der Waals surface area contributed by atoms with Gasteiger partial charge in [-0.2, -0.15) is 0 Å². The predicted molar refractivity (Wildman–Crippen MR) is 85.8 cm³/mol. The number of hydrogen-bond donors (Lipinski definition) is 1. The number of methoxy groups -OCH3 is 2. The highest BCUT2D eigenvalue weighted by Crippen LogP contribution is 2.19. The van der Waals surface area contributed by atoms with E-state index in [1.807, 2.05) is 43.3 Å². The zero-order chi connectivity index (χ0) is 15.9. The number of carbonyl (C=O) groups is 1. The molecule has 1 unspecified atom stereocenters. The van der Waals surface area contributed by atoms with Crippen LogP contribution in [0.3, 0.4) is 0 Å². The number of rotatable bonds is 6. The van der Waals surface area contributed by atoms with E-state index in [2.05, 4.69) is 17.4 Å². The summed E-state index contributed by atoms with van der Waals surface area (Å²) in [6.45, 7) is 2.64. The van der Waals surface area contributed by atoms with Gasteiger partial charge in [-0.1, -0.05) is 42.0 Å². The second-order valence-electron chi connectivity index (χ2n) is 5.10. The summed E-state index contributed by atoms with van der Waals surface area (Å²) < 4.78 is 10.0. The topological polar surface area (TPSA) is 47.6 Å². The Balaban J connectivity index is 2.11. The van der Waals surface area contributed by atoms with Crippen LogP contribution >= 0.6 is 0 Å². The SMILES string of the molecule is COC(=O)C(NCc1ccc(C)cc1)c1ccc(OC)cc1. The Labute approximate surface area is 131 Å². The molecule has 2 aromatic rings. The lowest BCUT2D eigenvalue weighted by molar-refractivity contribution is -0.143. The van der Waals surface area contributed by atoms with E-state index >= 15 is 0 Å². The minimum Gasteiger partial charge on any atom is -0.497 e. The van der Waals surface area contributed by atoms with Gasteiger partial charge in [-0.3, -0.25) is 5.32 Å². The van der Waals surface area contributed by atoms with E-state index in [4.69, 9.17) is 9.47 Å². The standard InChI is InChI=1S/C18H21NO3/c1-13-4-6-14(7-5-13)12-19-17(18(20)22-3)15-8-10-16(21-2)11-9-15/h4-11,17,19H,12H2,1-3H3. The molecule has 0 amide bonds. The van der Waals surface area contributed by atoms with Gasteiger partial charge in [-0.05, 0) is 30.2 Å². The number of benzene rings is 2. The van der Waals surface area contributed by atoms with Crippen molar-refractivity contribution >= 4 is 5.97 Å². The van der Waals surface area contributed by atoms with Crippen molar-refractivity contribution in [2.75, 3.05) is 14.2 Å². The third-order valence-electron chi connectivity index (χ3n) is 3.52. The van der Waals surface area contributed by atoms with E-state index in [1.54, 1.807) is 7.11 Å². The van der Waals surface area contributed by atoms with Crippen LogP contribution in [0.25, 0.3) is 0 Å². The second-order valence-corrected chi connectivity index (χ2v) is 5.10. The highest BCUT2D eigenvalue weighted by molar-refractivity contribution is 5.77. The van der Waals surface area contributed by atoms with E-state index in [1.165, 1.54) is 12.7 Å². The Hall–Kier alpha value is -2.33. The lowest BCUT2D eigenvalue weighted by Gasteiger charge is -2.17. The first-order chi connectivity index (χ1) is 10.6. The van der Waals surface area contributed by atoms with E-state index in [9.17, 15) is 4.79 Å². The monoisotopic (exact) mass is 299 g/mol. The van der Waals surface area contributed by atoms with Gasteiger partial charge in [0.2, 0.25) is 0 Å². The Morgan fingerprint density at radius 3 is 2.23 bits per heavy atom. The molecule has 1 atom stereocenters. The zero-order valence-corrected chi connectivity index (χ0v) is 13.1. The van der Waals surface area contributed by atoms with Gasteiger partial charge in [0, 0.05) is 6.54 Å². The van der Waals surface area contributed by atoms with Gasteiger partial charge in [-0.25, -0.2) is 4.79 Å². The summed E-state index contributed by atoms with van der Waals surface area (Å²) in [6.07, 6.45) is 0. The third-order valence-corrected chi connectivity index (χ3v) is 3.52. The molecule has 116 valence electrons. The molecule has 4 nitrogen and oxygen atoms in total. The molecule has 2 rings (SSSR count). The van der Waals surface area contributed by atoms with Crippen LogP contribution in [0.4, 0.5) is 0 Å². The molecule has 0 bridgehead atoms. The summed E-state index contributed by atoms with van der Waals surface area (Å²) in [5.41, 5.74) is 3.18. The lowest BCUT2D eigenvalue weighted by atomic mass is 10.1. The summed E-state index contributed by atoms with van der Waals surface area (Å²) in [6, 6.07) is 15.1. The molecule has 0 saturated heterocycles. The Morgan fingerprint density at radius 2 is 1.68 bits per heavy atom. The van der Waals surface area contributed by atoms with Gasteiger partial charge in [0.1, 0.15) is 11.8 Å². The lowest BCUT2D eigenvalue weighted by Crippen LogP contribution is -2.29. The maximum absolute atomic E-state index is 12.0. The van der Waals surface area contributed by atoms with Gasteiger partial charge < -0.3 is 9.47 Å². The summed E-state index contributed by atoms with van der Waals surface area (Å²) in [5, 5.41) is 3.24. The molecule has 22 heavy (non-hydrogen) atoms.